The first-order chi connectivity index (χ1) is 5.11. The van der Waals surface area contributed by atoms with Crippen LogP contribution in [0.25, 0.3) is 0 Å². The normalized spacial score (nSPS) is 23.2. The number of ketones is 1. The molecule has 0 bridgehead atoms. The molecule has 1 rings (SSSR count). The summed E-state index contributed by atoms with van der Waals surface area (Å²) in [5.74, 6) is -2.51. The number of carbonyl (C=O) groups is 2. The zero-order valence-electron chi connectivity index (χ0n) is 5.45. The fourth-order valence-electron chi connectivity index (χ4n) is 0.761. The molecule has 0 aromatic carbocycles. The summed E-state index contributed by atoms with van der Waals surface area (Å²) in [5.41, 5.74) is 0. The number of aliphatic carboxylic acids is 1. The quantitative estimate of drug-likeness (QED) is 0.669. The maximum absolute atomic E-state index is 10.9. The van der Waals surface area contributed by atoms with Gasteiger partial charge in [-0.3, -0.25) is 9.59 Å². The van der Waals surface area contributed by atoms with Gasteiger partial charge < -0.3 is 5.11 Å². The molecule has 1 atom stereocenters. The zero-order chi connectivity index (χ0) is 8.43. The van der Waals surface area contributed by atoms with Crippen molar-refractivity contribution < 1.29 is 14.7 Å². The molecule has 3 nitrogen and oxygen atoms in total. The highest BCUT2D eigenvalue weighted by Gasteiger charge is 2.23. The fraction of sp³-hybridized carbons (Fsp3) is 0.143. The van der Waals surface area contributed by atoms with Crippen LogP contribution in [-0.2, 0) is 9.59 Å². The molecule has 4 heteroatoms. The summed E-state index contributed by atoms with van der Waals surface area (Å²) >= 11 is 3.07. The molecule has 0 aromatic heterocycles. The third kappa shape index (κ3) is 1.77. The standard InChI is InChI=1S/C7H5BrO3/c8-4-1-2-5(7(10)11)6(9)3-4/h1-3,5H,(H,10,11). The highest BCUT2D eigenvalue weighted by atomic mass is 79.9. The maximum Gasteiger partial charge on any atom is 0.318 e. The second kappa shape index (κ2) is 3.00. The van der Waals surface area contributed by atoms with Crippen molar-refractivity contribution in [3.63, 3.8) is 0 Å². The highest BCUT2D eigenvalue weighted by Crippen LogP contribution is 2.17. The minimum absolute atomic E-state index is 0.396. The van der Waals surface area contributed by atoms with E-state index in [2.05, 4.69) is 15.9 Å². The topological polar surface area (TPSA) is 54.4 Å². The molecule has 0 saturated carbocycles. The smallest absolute Gasteiger partial charge is 0.318 e. The molecular formula is C7H5BrO3. The first-order valence-corrected chi connectivity index (χ1v) is 3.72. The number of allylic oxidation sites excluding steroid dienone is 3. The summed E-state index contributed by atoms with van der Waals surface area (Å²) in [6.07, 6.45) is 4.17. The third-order valence-electron chi connectivity index (χ3n) is 1.30. The average Bonchev–Trinajstić information content (AvgIpc) is 1.85. The van der Waals surface area contributed by atoms with Gasteiger partial charge in [-0.2, -0.15) is 0 Å². The van der Waals surface area contributed by atoms with Gasteiger partial charge in [0.05, 0.1) is 0 Å². The van der Waals surface area contributed by atoms with Crippen LogP contribution >= 0.6 is 15.9 Å². The lowest BCUT2D eigenvalue weighted by Gasteiger charge is -2.06. The molecule has 0 radical (unpaired) electrons. The fourth-order valence-corrected chi connectivity index (χ4v) is 1.14. The number of rotatable bonds is 1. The van der Waals surface area contributed by atoms with Crippen molar-refractivity contribution in [1.29, 1.82) is 0 Å². The predicted octanol–water partition coefficient (Wildman–Crippen LogP) is 1.10. The van der Waals surface area contributed by atoms with Crippen molar-refractivity contribution in [1.82, 2.24) is 0 Å². The van der Waals surface area contributed by atoms with Crippen LogP contribution in [0, 0.1) is 5.92 Å². The summed E-state index contributed by atoms with van der Waals surface area (Å²) in [7, 11) is 0. The molecule has 0 heterocycles. The SMILES string of the molecule is O=C(O)C1C=CC(Br)=CC1=O. The Kier molecular flexibility index (Phi) is 2.24. The van der Waals surface area contributed by atoms with Crippen molar-refractivity contribution in [2.24, 2.45) is 5.92 Å². The average molecular weight is 217 g/mol. The molecule has 0 amide bonds. The molecule has 0 saturated heterocycles. The van der Waals surface area contributed by atoms with Gasteiger partial charge in [-0.05, 0) is 6.08 Å². The molecule has 1 unspecified atom stereocenters. The van der Waals surface area contributed by atoms with E-state index < -0.39 is 17.7 Å². The third-order valence-corrected chi connectivity index (χ3v) is 1.79. The molecule has 1 N–H and O–H groups in total. The lowest BCUT2D eigenvalue weighted by Crippen LogP contribution is -2.21. The summed E-state index contributed by atoms with van der Waals surface area (Å²) in [4.78, 5) is 21.3. The van der Waals surface area contributed by atoms with Crippen LogP contribution in [-0.4, -0.2) is 16.9 Å². The van der Waals surface area contributed by atoms with Gasteiger partial charge >= 0.3 is 5.97 Å². The van der Waals surface area contributed by atoms with Crippen molar-refractivity contribution in [3.05, 3.63) is 22.7 Å². The van der Waals surface area contributed by atoms with Gasteiger partial charge in [0.25, 0.3) is 0 Å². The van der Waals surface area contributed by atoms with Crippen molar-refractivity contribution in [2.75, 3.05) is 0 Å². The van der Waals surface area contributed by atoms with E-state index in [9.17, 15) is 9.59 Å². The second-order valence-corrected chi connectivity index (χ2v) is 3.02. The lowest BCUT2D eigenvalue weighted by atomic mass is 10.00. The van der Waals surface area contributed by atoms with E-state index in [0.717, 1.165) is 0 Å². The van der Waals surface area contributed by atoms with Gasteiger partial charge in [0.15, 0.2) is 5.78 Å². The Morgan fingerprint density at radius 3 is 2.73 bits per heavy atom. The minimum atomic E-state index is -1.11. The number of carbonyl (C=O) groups excluding carboxylic acids is 1. The molecule has 0 spiro atoms. The summed E-state index contributed by atoms with van der Waals surface area (Å²) in [5, 5.41) is 8.48. The summed E-state index contributed by atoms with van der Waals surface area (Å²) < 4.78 is 0.611. The van der Waals surface area contributed by atoms with Gasteiger partial charge in [0, 0.05) is 4.48 Å². The van der Waals surface area contributed by atoms with E-state index in [-0.39, 0.29) is 0 Å². The van der Waals surface area contributed by atoms with Gasteiger partial charge in [-0.1, -0.05) is 28.1 Å². The lowest BCUT2D eigenvalue weighted by molar-refractivity contribution is -0.143. The molecule has 0 aromatic rings. The molecular weight excluding hydrogens is 212 g/mol. The number of carboxylic acids is 1. The van der Waals surface area contributed by atoms with E-state index in [1.165, 1.54) is 12.2 Å². The molecule has 1 aliphatic rings. The molecule has 1 aliphatic carbocycles. The Labute approximate surface area is 71.5 Å². The van der Waals surface area contributed by atoms with Gasteiger partial charge in [-0.25, -0.2) is 0 Å². The van der Waals surface area contributed by atoms with E-state index in [1.807, 2.05) is 0 Å². The van der Waals surface area contributed by atoms with Crippen LogP contribution in [0.5, 0.6) is 0 Å². The van der Waals surface area contributed by atoms with Crippen LogP contribution in [0.3, 0.4) is 0 Å². The molecule has 58 valence electrons. The van der Waals surface area contributed by atoms with Gasteiger partial charge in [0.2, 0.25) is 0 Å². The molecule has 0 fully saturated rings. The maximum atomic E-state index is 10.9. The van der Waals surface area contributed by atoms with Crippen molar-refractivity contribution in [2.45, 2.75) is 0 Å². The second-order valence-electron chi connectivity index (χ2n) is 2.11. The predicted molar refractivity (Wildman–Crippen MR) is 42.3 cm³/mol. The Balaban J connectivity index is 2.86. The minimum Gasteiger partial charge on any atom is -0.480 e. The van der Waals surface area contributed by atoms with Crippen LogP contribution in [0.2, 0.25) is 0 Å². The summed E-state index contributed by atoms with van der Waals surface area (Å²) in [6, 6.07) is 0. The van der Waals surface area contributed by atoms with Crippen LogP contribution < -0.4 is 0 Å². The Hall–Kier alpha value is -0.900. The van der Waals surface area contributed by atoms with E-state index in [1.54, 1.807) is 6.08 Å². The highest BCUT2D eigenvalue weighted by molar-refractivity contribution is 9.11. The van der Waals surface area contributed by atoms with Crippen LogP contribution in [0.4, 0.5) is 0 Å². The van der Waals surface area contributed by atoms with Gasteiger partial charge in [0.1, 0.15) is 5.92 Å². The summed E-state index contributed by atoms with van der Waals surface area (Å²) in [6.45, 7) is 0. The van der Waals surface area contributed by atoms with Crippen LogP contribution in [0.15, 0.2) is 22.7 Å². The first-order valence-electron chi connectivity index (χ1n) is 2.93. The van der Waals surface area contributed by atoms with E-state index in [4.69, 9.17) is 5.11 Å². The Morgan fingerprint density at radius 1 is 1.64 bits per heavy atom. The number of hydrogen-bond acceptors (Lipinski definition) is 2. The molecule has 0 aliphatic heterocycles. The van der Waals surface area contributed by atoms with Gasteiger partial charge in [-0.15, -0.1) is 0 Å². The Bertz CT molecular complexity index is 265. The number of carboxylic acid groups (broad SMARTS) is 1. The van der Waals surface area contributed by atoms with Crippen molar-refractivity contribution in [3.8, 4) is 0 Å². The monoisotopic (exact) mass is 216 g/mol. The van der Waals surface area contributed by atoms with E-state index >= 15 is 0 Å². The van der Waals surface area contributed by atoms with E-state index in [0.29, 0.717) is 4.48 Å². The van der Waals surface area contributed by atoms with Crippen molar-refractivity contribution >= 4 is 27.7 Å². The number of hydrogen-bond donors (Lipinski definition) is 1. The largest absolute Gasteiger partial charge is 0.480 e. The Morgan fingerprint density at radius 2 is 2.27 bits per heavy atom. The number of halogens is 1. The first kappa shape index (κ1) is 8.20. The molecule has 11 heavy (non-hydrogen) atoms. The zero-order valence-corrected chi connectivity index (χ0v) is 7.04. The van der Waals surface area contributed by atoms with Crippen LogP contribution in [0.1, 0.15) is 0 Å².